The predicted octanol–water partition coefficient (Wildman–Crippen LogP) is 3.11. The third-order valence-corrected chi connectivity index (χ3v) is 4.37. The smallest absolute Gasteiger partial charge is 0.320 e. The largest absolute Gasteiger partial charge is 0.322 e. The Balaban J connectivity index is 1.54. The lowest BCUT2D eigenvalue weighted by Crippen LogP contribution is -2.38. The van der Waals surface area contributed by atoms with Crippen molar-refractivity contribution in [3.8, 4) is 11.3 Å². The van der Waals surface area contributed by atoms with Gasteiger partial charge in [-0.25, -0.2) is 14.8 Å². The zero-order chi connectivity index (χ0) is 17.2. The highest BCUT2D eigenvalue weighted by atomic mass is 35.5. The number of urea groups is 1. The lowest BCUT2D eigenvalue weighted by Gasteiger charge is -2.27. The first-order valence-corrected chi connectivity index (χ1v) is 8.21. The molecule has 1 aliphatic heterocycles. The number of halogens is 1. The summed E-state index contributed by atoms with van der Waals surface area (Å²) in [6.45, 7) is 1.09. The molecule has 4 rings (SSSR count). The molecule has 2 amide bonds. The van der Waals surface area contributed by atoms with E-state index in [9.17, 15) is 4.79 Å². The maximum Gasteiger partial charge on any atom is 0.322 e. The number of nitrogens with one attached hydrogen (secondary N) is 2. The second-order valence-corrected chi connectivity index (χ2v) is 6.20. The molecule has 0 atom stereocenters. The first-order valence-electron chi connectivity index (χ1n) is 7.84. The number of hydrogen-bond acceptors (Lipinski definition) is 4. The molecule has 8 heteroatoms. The van der Waals surface area contributed by atoms with Gasteiger partial charge >= 0.3 is 6.03 Å². The number of carbonyl (C=O) groups excluding carboxylic acids is 1. The Bertz CT molecular complexity index is 911. The van der Waals surface area contributed by atoms with Gasteiger partial charge in [-0.3, -0.25) is 5.10 Å². The molecule has 3 heterocycles. The van der Waals surface area contributed by atoms with Crippen molar-refractivity contribution < 1.29 is 4.79 Å². The van der Waals surface area contributed by atoms with Gasteiger partial charge in [0.05, 0.1) is 6.54 Å². The van der Waals surface area contributed by atoms with Crippen molar-refractivity contribution in [2.24, 2.45) is 0 Å². The van der Waals surface area contributed by atoms with Crippen molar-refractivity contribution in [1.82, 2.24) is 25.1 Å². The van der Waals surface area contributed by atoms with Gasteiger partial charge in [0.2, 0.25) is 0 Å². The van der Waals surface area contributed by atoms with Crippen LogP contribution in [0.15, 0.2) is 43.0 Å². The molecule has 0 aliphatic carbocycles. The molecular formula is C17H15ClN6O. The Morgan fingerprint density at radius 2 is 2.12 bits per heavy atom. The van der Waals surface area contributed by atoms with Crippen molar-refractivity contribution in [3.63, 3.8) is 0 Å². The maximum atomic E-state index is 12.6. The minimum Gasteiger partial charge on any atom is -0.320 e. The molecular weight excluding hydrogens is 340 g/mol. The van der Waals surface area contributed by atoms with Crippen LogP contribution >= 0.6 is 11.6 Å². The molecule has 3 aromatic rings. The lowest BCUT2D eigenvalue weighted by molar-refractivity contribution is 0.206. The van der Waals surface area contributed by atoms with Crippen LogP contribution in [0.4, 0.5) is 10.5 Å². The van der Waals surface area contributed by atoms with E-state index in [2.05, 4.69) is 25.5 Å². The first kappa shape index (κ1) is 15.6. The van der Waals surface area contributed by atoms with Gasteiger partial charge < -0.3 is 10.2 Å². The van der Waals surface area contributed by atoms with E-state index in [-0.39, 0.29) is 6.03 Å². The third-order valence-electron chi connectivity index (χ3n) is 4.13. The average Bonchev–Trinajstić information content (AvgIpc) is 3.05. The number of fused-ring (bicyclic) bond motifs is 1. The summed E-state index contributed by atoms with van der Waals surface area (Å²) >= 11 is 5.97. The molecule has 1 aromatic carbocycles. The summed E-state index contributed by atoms with van der Waals surface area (Å²) in [5.41, 5.74) is 4.34. The zero-order valence-electron chi connectivity index (χ0n) is 13.2. The molecule has 0 saturated carbocycles. The standard InChI is InChI=1S/C17H15ClN6O/c18-12-2-1-3-13(6-12)21-17(25)24-5-4-15-14(9-24)16(23-22-15)11-7-19-10-20-8-11/h1-3,6-8,10H,4-5,9H2,(H,21,25)(H,22,23). The van der Waals surface area contributed by atoms with E-state index < -0.39 is 0 Å². The molecule has 126 valence electrons. The Kier molecular flexibility index (Phi) is 4.07. The molecule has 2 aromatic heterocycles. The fourth-order valence-corrected chi connectivity index (χ4v) is 3.09. The van der Waals surface area contributed by atoms with Crippen molar-refractivity contribution in [1.29, 1.82) is 0 Å². The number of amides is 2. The fraction of sp³-hybridized carbons (Fsp3) is 0.176. The second kappa shape index (κ2) is 6.52. The minimum absolute atomic E-state index is 0.163. The van der Waals surface area contributed by atoms with Crippen LogP contribution in [0.3, 0.4) is 0 Å². The van der Waals surface area contributed by atoms with Gasteiger partial charge in [-0.2, -0.15) is 5.10 Å². The normalized spacial score (nSPS) is 13.4. The monoisotopic (exact) mass is 354 g/mol. The van der Waals surface area contributed by atoms with E-state index in [0.717, 1.165) is 28.9 Å². The Morgan fingerprint density at radius 1 is 1.28 bits per heavy atom. The highest BCUT2D eigenvalue weighted by Gasteiger charge is 2.26. The second-order valence-electron chi connectivity index (χ2n) is 5.77. The summed E-state index contributed by atoms with van der Waals surface area (Å²) in [4.78, 5) is 22.4. The zero-order valence-corrected chi connectivity index (χ0v) is 14.0. The summed E-state index contributed by atoms with van der Waals surface area (Å²) in [5.74, 6) is 0. The van der Waals surface area contributed by atoms with Gasteiger partial charge in [0.1, 0.15) is 12.0 Å². The first-order chi connectivity index (χ1) is 12.2. The van der Waals surface area contributed by atoms with Gasteiger partial charge in [-0.05, 0) is 18.2 Å². The summed E-state index contributed by atoms with van der Waals surface area (Å²) in [7, 11) is 0. The maximum absolute atomic E-state index is 12.6. The molecule has 0 bridgehead atoms. The molecule has 25 heavy (non-hydrogen) atoms. The topological polar surface area (TPSA) is 86.8 Å². The van der Waals surface area contributed by atoms with Crippen LogP contribution in [0.1, 0.15) is 11.3 Å². The molecule has 7 nitrogen and oxygen atoms in total. The Labute approximate surface area is 149 Å². The highest BCUT2D eigenvalue weighted by Crippen LogP contribution is 2.28. The predicted molar refractivity (Wildman–Crippen MR) is 94.2 cm³/mol. The average molecular weight is 355 g/mol. The molecule has 0 saturated heterocycles. The molecule has 0 spiro atoms. The fourth-order valence-electron chi connectivity index (χ4n) is 2.90. The number of H-pyrrole nitrogens is 1. The Morgan fingerprint density at radius 3 is 2.92 bits per heavy atom. The summed E-state index contributed by atoms with van der Waals surface area (Å²) in [5, 5.41) is 10.9. The quantitative estimate of drug-likeness (QED) is 0.740. The van der Waals surface area contributed by atoms with E-state index in [4.69, 9.17) is 11.6 Å². The van der Waals surface area contributed by atoms with Gasteiger partial charge in [-0.1, -0.05) is 17.7 Å². The van der Waals surface area contributed by atoms with Crippen LogP contribution < -0.4 is 5.32 Å². The SMILES string of the molecule is O=C(Nc1cccc(Cl)c1)N1CCc2[nH]nc(-c3cncnc3)c2C1. The number of aromatic amines is 1. The summed E-state index contributed by atoms with van der Waals surface area (Å²) in [6.07, 6.45) is 5.63. The number of rotatable bonds is 2. The number of hydrogen-bond donors (Lipinski definition) is 2. The van der Waals surface area contributed by atoms with Crippen LogP contribution in [0.2, 0.25) is 5.02 Å². The van der Waals surface area contributed by atoms with Gasteiger partial charge in [0.15, 0.2) is 0 Å². The van der Waals surface area contributed by atoms with Crippen molar-refractivity contribution in [2.75, 3.05) is 11.9 Å². The number of nitrogens with zero attached hydrogens (tertiary/aromatic N) is 4. The van der Waals surface area contributed by atoms with Gasteiger partial charge in [0, 0.05) is 52.9 Å². The molecule has 2 N–H and O–H groups in total. The van der Waals surface area contributed by atoms with Crippen molar-refractivity contribution in [3.05, 3.63) is 59.3 Å². The van der Waals surface area contributed by atoms with Crippen LogP contribution in [-0.2, 0) is 13.0 Å². The van der Waals surface area contributed by atoms with E-state index >= 15 is 0 Å². The van der Waals surface area contributed by atoms with E-state index in [1.807, 2.05) is 6.07 Å². The van der Waals surface area contributed by atoms with Crippen LogP contribution in [-0.4, -0.2) is 37.6 Å². The van der Waals surface area contributed by atoms with E-state index in [1.54, 1.807) is 35.5 Å². The van der Waals surface area contributed by atoms with Crippen molar-refractivity contribution >= 4 is 23.3 Å². The highest BCUT2D eigenvalue weighted by molar-refractivity contribution is 6.30. The Hall–Kier alpha value is -2.93. The molecule has 0 unspecified atom stereocenters. The number of carbonyl (C=O) groups is 1. The van der Waals surface area contributed by atoms with Crippen LogP contribution in [0.5, 0.6) is 0 Å². The number of aromatic nitrogens is 4. The molecule has 1 aliphatic rings. The number of anilines is 1. The van der Waals surface area contributed by atoms with Crippen LogP contribution in [0, 0.1) is 0 Å². The van der Waals surface area contributed by atoms with E-state index in [0.29, 0.717) is 23.8 Å². The van der Waals surface area contributed by atoms with Crippen molar-refractivity contribution in [2.45, 2.75) is 13.0 Å². The summed E-state index contributed by atoms with van der Waals surface area (Å²) < 4.78 is 0. The third kappa shape index (κ3) is 3.18. The summed E-state index contributed by atoms with van der Waals surface area (Å²) in [6, 6.07) is 6.94. The molecule has 0 fully saturated rings. The van der Waals surface area contributed by atoms with Gasteiger partial charge in [-0.15, -0.1) is 0 Å². The van der Waals surface area contributed by atoms with E-state index in [1.165, 1.54) is 6.33 Å². The number of benzene rings is 1. The van der Waals surface area contributed by atoms with Crippen LogP contribution in [0.25, 0.3) is 11.3 Å². The van der Waals surface area contributed by atoms with Gasteiger partial charge in [0.25, 0.3) is 0 Å². The molecule has 0 radical (unpaired) electrons. The lowest BCUT2D eigenvalue weighted by atomic mass is 10.0. The minimum atomic E-state index is -0.163.